The predicted octanol–water partition coefficient (Wildman–Crippen LogP) is 6.85. The van der Waals surface area contributed by atoms with Crippen molar-refractivity contribution in [3.05, 3.63) is 86.4 Å². The van der Waals surface area contributed by atoms with Crippen LogP contribution in [0.5, 0.6) is 0 Å². The molecule has 0 heterocycles. The van der Waals surface area contributed by atoms with Gasteiger partial charge in [-0.05, 0) is 85.1 Å². The summed E-state index contributed by atoms with van der Waals surface area (Å²) < 4.78 is 73.9. The van der Waals surface area contributed by atoms with Crippen LogP contribution in [0.1, 0.15) is 55.8 Å². The molecule has 0 aromatic rings. The van der Waals surface area contributed by atoms with Gasteiger partial charge in [0.1, 0.15) is 39.1 Å². The lowest BCUT2D eigenvalue weighted by Gasteiger charge is -2.22. The maximum atomic E-state index is 12.3. The van der Waals surface area contributed by atoms with Gasteiger partial charge in [-0.3, -0.25) is 14.9 Å². The number of carboxylic acid groups (broad SMARTS) is 1. The van der Waals surface area contributed by atoms with Crippen molar-refractivity contribution in [3.63, 3.8) is 0 Å². The number of carbonyl (C=O) groups excluding carboxylic acids is 8. The lowest BCUT2D eigenvalue weighted by atomic mass is 10.2. The number of aliphatic carboxylic acids is 1. The molecule has 0 aromatic carbocycles. The van der Waals surface area contributed by atoms with E-state index in [1.807, 2.05) is 0 Å². The van der Waals surface area contributed by atoms with Crippen LogP contribution in [0, 0.1) is 23.4 Å². The maximum Gasteiger partial charge on any atom is 0.415 e. The largest absolute Gasteiger partial charge is 0.481 e. The van der Waals surface area contributed by atoms with Gasteiger partial charge in [0.2, 0.25) is 0 Å². The predicted molar refractivity (Wildman–Crippen MR) is 364 cm³/mol. The van der Waals surface area contributed by atoms with Crippen LogP contribution in [-0.2, 0) is 98.6 Å². The Labute approximate surface area is 576 Å². The number of aliphatic hydroxyl groups excluding tert-OH is 3. The van der Waals surface area contributed by atoms with Gasteiger partial charge in [0.05, 0.1) is 37.6 Å². The number of carboxylic acids is 1. The minimum absolute atomic E-state index is 0. The fourth-order valence-electron chi connectivity index (χ4n) is 4.97. The first-order valence-corrected chi connectivity index (χ1v) is 36.2. The molecule has 96 heavy (non-hydrogen) atoms. The van der Waals surface area contributed by atoms with Gasteiger partial charge in [0.25, 0.3) is 18.1 Å². The average Bonchev–Trinajstić information content (AvgIpc) is 2.06. The second-order valence-corrected chi connectivity index (χ2v) is 28.9. The van der Waals surface area contributed by atoms with E-state index in [2.05, 4.69) is 89.3 Å². The van der Waals surface area contributed by atoms with Crippen molar-refractivity contribution >= 4 is 94.7 Å². The molecule has 0 saturated heterocycles. The quantitative estimate of drug-likeness (QED) is 0.00624. The van der Waals surface area contributed by atoms with Crippen molar-refractivity contribution in [2.75, 3.05) is 132 Å². The fourth-order valence-corrected chi connectivity index (χ4v) is 9.75. The molecule has 7 N–H and O–H groups in total. The number of nitrogens with one attached hydrogen (secondary N) is 3. The third-order valence-electron chi connectivity index (χ3n) is 10.7. The number of hydrogen-bond acceptors (Lipinski definition) is 30. The Morgan fingerprint density at radius 2 is 0.979 bits per heavy atom. The van der Waals surface area contributed by atoms with E-state index in [-0.39, 0.29) is 82.4 Å². The van der Waals surface area contributed by atoms with Crippen LogP contribution in [0.2, 0.25) is 25.2 Å². The average molecular weight is 1450 g/mol. The van der Waals surface area contributed by atoms with E-state index >= 15 is 0 Å². The minimum Gasteiger partial charge on any atom is -0.481 e. The molecule has 0 aliphatic rings. The summed E-state index contributed by atoms with van der Waals surface area (Å²) in [5, 5.41) is 48.8. The monoisotopic (exact) mass is 1450 g/mol. The van der Waals surface area contributed by atoms with Crippen LogP contribution in [0.15, 0.2) is 86.4 Å². The third-order valence-corrected chi connectivity index (χ3v) is 19.4. The Kier molecular flexibility index (Phi) is 66.2. The molecule has 0 aliphatic heterocycles. The maximum absolute atomic E-state index is 12.3. The molecular formula is C60H106N4O28S2Si2. The van der Waals surface area contributed by atoms with Gasteiger partial charge in [0, 0.05) is 103 Å². The zero-order valence-electron chi connectivity index (χ0n) is 57.9. The minimum atomic E-state index is -1.81. The molecule has 0 rings (SSSR count). The summed E-state index contributed by atoms with van der Waals surface area (Å²) in [7, 11) is 6.63. The van der Waals surface area contributed by atoms with E-state index in [0.717, 1.165) is 44.3 Å². The molecule has 554 valence electrons. The van der Waals surface area contributed by atoms with E-state index < -0.39 is 107 Å². The molecule has 0 spiro atoms. The van der Waals surface area contributed by atoms with Crippen LogP contribution < -0.4 is 16.0 Å². The zero-order valence-corrected chi connectivity index (χ0v) is 61.5. The van der Waals surface area contributed by atoms with E-state index in [9.17, 15) is 43.2 Å². The molecular weight excluding hydrogens is 1340 g/mol. The van der Waals surface area contributed by atoms with E-state index in [4.69, 9.17) is 81.3 Å². The van der Waals surface area contributed by atoms with E-state index in [1.54, 1.807) is 63.4 Å². The fraction of sp³-hybridized carbons (Fsp3) is 0.600. The molecule has 0 fully saturated rings. The molecule has 36 heteroatoms. The van der Waals surface area contributed by atoms with Crippen LogP contribution >= 0.6 is 23.5 Å². The Morgan fingerprint density at radius 1 is 0.573 bits per heavy atom. The van der Waals surface area contributed by atoms with Crippen LogP contribution in [-0.4, -0.2) is 235 Å². The molecule has 4 unspecified atom stereocenters. The second-order valence-electron chi connectivity index (χ2n) is 19.6. The number of amides is 3. The highest BCUT2D eigenvalue weighted by molar-refractivity contribution is 7.99. The summed E-state index contributed by atoms with van der Waals surface area (Å²) in [5.74, 6) is -5.12. The molecule has 0 aromatic heterocycles. The SMILES string of the molecule is C=C(C)C(=O)O.C=C(C)C(=O)OCCOC#N.C=C(O)OC(=O)C(C)CSCC(O)CO.C=CNC(=O)OCC(CSCC(C)C(=O)OC(=C)OC(=O)NCCOC(=O)C(=C)C)OC(=O)NCCOC(=O)C(=C)C.COCCC[Si](C)(OC)OC.COCCC[Si](C)(OC)OC.[HH]. The number of esters is 5. The van der Waals surface area contributed by atoms with Crippen molar-refractivity contribution < 1.29 is 135 Å². The number of rotatable bonds is 43. The number of thioether (sulfide) groups is 2. The van der Waals surface area contributed by atoms with Gasteiger partial charge in [-0.25, -0.2) is 33.6 Å². The first kappa shape index (κ1) is 99.8. The Hall–Kier alpha value is -7.29. The van der Waals surface area contributed by atoms with Gasteiger partial charge in [-0.2, -0.15) is 28.8 Å². The number of nitriles is 1. The van der Waals surface area contributed by atoms with Gasteiger partial charge in [-0.15, -0.1) is 0 Å². The highest BCUT2D eigenvalue weighted by atomic mass is 32.2. The van der Waals surface area contributed by atoms with Gasteiger partial charge in [-0.1, -0.05) is 46.7 Å². The summed E-state index contributed by atoms with van der Waals surface area (Å²) in [5.41, 5.74) is 0.927. The lowest BCUT2D eigenvalue weighted by molar-refractivity contribution is -0.147. The molecule has 0 radical (unpaired) electrons. The molecule has 3 amide bonds. The first-order valence-electron chi connectivity index (χ1n) is 28.9. The van der Waals surface area contributed by atoms with Crippen molar-refractivity contribution in [3.8, 4) is 6.26 Å². The lowest BCUT2D eigenvalue weighted by Crippen LogP contribution is -2.36. The van der Waals surface area contributed by atoms with Crippen LogP contribution in [0.4, 0.5) is 14.4 Å². The molecule has 0 saturated carbocycles. The molecule has 0 bridgehead atoms. The summed E-state index contributed by atoms with van der Waals surface area (Å²) in [6, 6.07) is 1.99. The molecule has 32 nitrogen and oxygen atoms in total. The normalized spacial score (nSPS) is 11.3. The van der Waals surface area contributed by atoms with Crippen LogP contribution in [0.3, 0.4) is 0 Å². The zero-order chi connectivity index (χ0) is 75.3. The summed E-state index contributed by atoms with van der Waals surface area (Å²) in [4.78, 5) is 102. The Bertz CT molecular complexity index is 2380. The number of ether oxygens (including phenoxy) is 11. The second kappa shape index (κ2) is 63.8. The standard InChI is InChI=1S/C26H37N3O12S.C9H16O5S.C7H9NO3.2C7H18O3Si.C4H6O2.H2/c1-8-27-24(33)38-13-20(41-26(35)29-10-12-37-22(31)17(4)5)15-42-14-18(6)23(32)39-19(7)40-25(34)28-9-11-36-21(30)16(2)3;1-6(9(13)14-7(2)11)4-15-5-8(12)3-10;1-6(2)7(9)11-4-3-10-5-8;2*1-8-6-5-7-11(4,9-2)10-3;1-3(2)4(5)6;/h8,18,20H,1-2,4,7,9-15H2,3,5-6H3,(H,27,33)(H,28,34)(H,29,35);6,8,10-12H,2-5H2,1H3;1,3-4H2,2H3;2*5-7H2,1-4H3;1H2,2H3,(H,5,6);1H. The van der Waals surface area contributed by atoms with Crippen LogP contribution in [0.25, 0.3) is 0 Å². The van der Waals surface area contributed by atoms with E-state index in [0.29, 0.717) is 17.1 Å². The van der Waals surface area contributed by atoms with E-state index in [1.165, 1.54) is 50.6 Å². The molecule has 0 aliphatic carbocycles. The summed E-state index contributed by atoms with van der Waals surface area (Å²) in [6.45, 7) is 37.2. The Balaban J connectivity index is -0.000000238. The first-order chi connectivity index (χ1) is 44.9. The summed E-state index contributed by atoms with van der Waals surface area (Å²) >= 11 is 2.51. The van der Waals surface area contributed by atoms with Crippen molar-refractivity contribution in [2.45, 2.75) is 91.8 Å². The van der Waals surface area contributed by atoms with Crippen molar-refractivity contribution in [1.82, 2.24) is 16.0 Å². The molecule has 4 atom stereocenters. The third kappa shape index (κ3) is 65.4. The topological polar surface area (TPSA) is 433 Å². The number of hydrogen-bond donors (Lipinski definition) is 7. The highest BCUT2D eigenvalue weighted by Gasteiger charge is 2.29. The summed E-state index contributed by atoms with van der Waals surface area (Å²) in [6.07, 6.45) is 0.266. The highest BCUT2D eigenvalue weighted by Crippen LogP contribution is 2.17. The van der Waals surface area contributed by atoms with Gasteiger partial charge in [0.15, 0.2) is 0 Å². The number of alkyl carbamates (subject to hydrolysis) is 3. The number of methoxy groups -OCH3 is 2. The number of carbonyl (C=O) groups is 9. The Morgan fingerprint density at radius 3 is 1.34 bits per heavy atom. The van der Waals surface area contributed by atoms with Crippen molar-refractivity contribution in [1.29, 1.82) is 5.26 Å². The number of aliphatic hydroxyl groups is 3. The smallest absolute Gasteiger partial charge is 0.415 e. The van der Waals surface area contributed by atoms with Crippen molar-refractivity contribution in [2.24, 2.45) is 11.8 Å². The van der Waals surface area contributed by atoms with Gasteiger partial charge >= 0.3 is 71.2 Å². The number of nitrogens with zero attached hydrogens (tertiary/aromatic N) is 1. The van der Waals surface area contributed by atoms with Gasteiger partial charge < -0.3 is 101 Å².